The van der Waals surface area contributed by atoms with E-state index in [9.17, 15) is 8.42 Å². The molecule has 10 nitrogen and oxygen atoms in total. The Hall–Kier alpha value is -3.99. The van der Waals surface area contributed by atoms with E-state index in [4.69, 9.17) is 0 Å². The molecule has 164 valence electrons. The summed E-state index contributed by atoms with van der Waals surface area (Å²) in [4.78, 5) is 12.8. The van der Waals surface area contributed by atoms with Crippen LogP contribution in [0.15, 0.2) is 66.0 Å². The Morgan fingerprint density at radius 2 is 1.53 bits per heavy atom. The Morgan fingerprint density at radius 1 is 0.844 bits per heavy atom. The van der Waals surface area contributed by atoms with Gasteiger partial charge in [-0.25, -0.2) is 23.4 Å². The first-order valence-electron chi connectivity index (χ1n) is 9.72. The number of hydrogen-bond donors (Lipinski definition) is 3. The topological polar surface area (TPSA) is 127 Å². The van der Waals surface area contributed by atoms with Gasteiger partial charge < -0.3 is 10.6 Å². The molecular weight excluding hydrogens is 428 g/mol. The summed E-state index contributed by atoms with van der Waals surface area (Å²) in [5.41, 5.74) is 2.21. The molecule has 0 aliphatic rings. The maximum Gasteiger partial charge on any atom is 0.265 e. The zero-order valence-corrected chi connectivity index (χ0v) is 18.6. The van der Waals surface area contributed by atoms with Crippen molar-refractivity contribution < 1.29 is 8.42 Å². The van der Waals surface area contributed by atoms with E-state index in [2.05, 4.69) is 35.4 Å². The van der Waals surface area contributed by atoms with E-state index in [-0.39, 0.29) is 4.90 Å². The van der Waals surface area contributed by atoms with Crippen LogP contribution in [0.1, 0.15) is 11.4 Å². The Kier molecular flexibility index (Phi) is 5.73. The van der Waals surface area contributed by atoms with Gasteiger partial charge in [0.2, 0.25) is 0 Å². The molecule has 3 N–H and O–H groups in total. The summed E-state index contributed by atoms with van der Waals surface area (Å²) in [5, 5.41) is 10.5. The van der Waals surface area contributed by atoms with E-state index < -0.39 is 10.0 Å². The normalized spacial score (nSPS) is 11.2. The van der Waals surface area contributed by atoms with Crippen molar-refractivity contribution >= 4 is 38.9 Å². The number of nitrogens with one attached hydrogen (secondary N) is 3. The Labute approximate surface area is 185 Å². The average molecular weight is 451 g/mol. The van der Waals surface area contributed by atoms with Gasteiger partial charge in [-0.2, -0.15) is 5.10 Å². The van der Waals surface area contributed by atoms with Crippen LogP contribution in [0.2, 0.25) is 0 Å². The van der Waals surface area contributed by atoms with Gasteiger partial charge in [-0.05, 0) is 50.2 Å². The Balaban J connectivity index is 1.46. The maximum atomic E-state index is 12.8. The first kappa shape index (κ1) is 21.2. The summed E-state index contributed by atoms with van der Waals surface area (Å²) < 4.78 is 29.8. The highest BCUT2D eigenvalue weighted by molar-refractivity contribution is 7.92. The largest absolute Gasteiger partial charge is 0.340 e. The van der Waals surface area contributed by atoms with Crippen LogP contribution in [-0.2, 0) is 17.1 Å². The van der Waals surface area contributed by atoms with Crippen LogP contribution in [0.3, 0.4) is 0 Å². The third-order valence-corrected chi connectivity index (χ3v) is 6.34. The average Bonchev–Trinajstić information content (AvgIpc) is 3.02. The van der Waals surface area contributed by atoms with Crippen molar-refractivity contribution in [3.63, 3.8) is 0 Å². The molecule has 0 aliphatic carbocycles. The van der Waals surface area contributed by atoms with Crippen LogP contribution in [0, 0.1) is 13.8 Å². The van der Waals surface area contributed by atoms with E-state index in [1.54, 1.807) is 62.1 Å². The zero-order valence-electron chi connectivity index (χ0n) is 17.7. The van der Waals surface area contributed by atoms with Crippen LogP contribution in [-0.4, -0.2) is 33.2 Å². The maximum absolute atomic E-state index is 12.8. The number of anilines is 5. The molecule has 3 heterocycles. The van der Waals surface area contributed by atoms with Gasteiger partial charge in [-0.3, -0.25) is 9.40 Å². The Bertz CT molecular complexity index is 1340. The third kappa shape index (κ3) is 4.67. The van der Waals surface area contributed by atoms with Crippen LogP contribution in [0.5, 0.6) is 0 Å². The van der Waals surface area contributed by atoms with Gasteiger partial charge in [0, 0.05) is 30.7 Å². The lowest BCUT2D eigenvalue weighted by atomic mass is 10.3. The second-order valence-corrected chi connectivity index (χ2v) is 8.68. The molecule has 3 aromatic heterocycles. The number of benzene rings is 1. The molecule has 11 heteroatoms. The molecule has 32 heavy (non-hydrogen) atoms. The number of aryl methyl sites for hydroxylation is 2. The van der Waals surface area contributed by atoms with Crippen molar-refractivity contribution in [3.05, 3.63) is 72.4 Å². The summed E-state index contributed by atoms with van der Waals surface area (Å²) in [5.74, 6) is 1.84. The van der Waals surface area contributed by atoms with E-state index in [0.29, 0.717) is 34.5 Å². The van der Waals surface area contributed by atoms with Crippen molar-refractivity contribution in [3.8, 4) is 0 Å². The van der Waals surface area contributed by atoms with Crippen LogP contribution in [0.4, 0.5) is 28.8 Å². The Morgan fingerprint density at radius 3 is 2.16 bits per heavy atom. The molecule has 0 saturated carbocycles. The fraction of sp³-hybridized carbons (Fsp3) is 0.143. The third-order valence-electron chi connectivity index (χ3n) is 4.71. The molecule has 4 aromatic rings. The van der Waals surface area contributed by atoms with Crippen molar-refractivity contribution in [2.24, 2.45) is 7.05 Å². The highest BCUT2D eigenvalue weighted by atomic mass is 32.2. The van der Waals surface area contributed by atoms with Crippen LogP contribution >= 0.6 is 0 Å². The van der Waals surface area contributed by atoms with Gasteiger partial charge in [0.05, 0.1) is 11.4 Å². The highest BCUT2D eigenvalue weighted by Crippen LogP contribution is 2.24. The van der Waals surface area contributed by atoms with Gasteiger partial charge in [0.25, 0.3) is 10.0 Å². The molecule has 0 saturated heterocycles. The van der Waals surface area contributed by atoms with Crippen LogP contribution in [0.25, 0.3) is 0 Å². The van der Waals surface area contributed by atoms with E-state index in [0.717, 1.165) is 5.69 Å². The SMILES string of the molecule is Cc1nn(C)c(C)c1S(=O)(=O)Nc1ccc(Nc2cc(Nc3ccccn3)ncn2)cc1. The zero-order chi connectivity index (χ0) is 22.7. The minimum Gasteiger partial charge on any atom is -0.340 e. The van der Waals surface area contributed by atoms with E-state index in [1.165, 1.54) is 6.33 Å². The molecule has 1 aromatic carbocycles. The van der Waals surface area contributed by atoms with Crippen molar-refractivity contribution in [1.82, 2.24) is 24.7 Å². The minimum absolute atomic E-state index is 0.191. The second kappa shape index (κ2) is 8.63. The van der Waals surface area contributed by atoms with Gasteiger partial charge in [0.1, 0.15) is 28.7 Å². The second-order valence-electron chi connectivity index (χ2n) is 7.06. The highest BCUT2D eigenvalue weighted by Gasteiger charge is 2.23. The number of aromatic nitrogens is 5. The molecule has 0 fully saturated rings. The number of pyridine rings is 1. The van der Waals surface area contributed by atoms with Gasteiger partial charge >= 0.3 is 0 Å². The van der Waals surface area contributed by atoms with Gasteiger partial charge in [-0.15, -0.1) is 0 Å². The predicted molar refractivity (Wildman–Crippen MR) is 123 cm³/mol. The molecular formula is C21H22N8O2S. The quantitative estimate of drug-likeness (QED) is 0.390. The summed E-state index contributed by atoms with van der Waals surface area (Å²) in [6, 6.07) is 14.2. The lowest BCUT2D eigenvalue weighted by Crippen LogP contribution is -2.14. The fourth-order valence-electron chi connectivity index (χ4n) is 3.18. The van der Waals surface area contributed by atoms with Crippen molar-refractivity contribution in [2.75, 3.05) is 15.4 Å². The van der Waals surface area contributed by atoms with E-state index in [1.807, 2.05) is 18.2 Å². The molecule has 0 aliphatic heterocycles. The first-order valence-corrected chi connectivity index (χ1v) is 11.2. The fourth-order valence-corrected chi connectivity index (χ4v) is 4.68. The molecule has 0 unspecified atom stereocenters. The van der Waals surface area contributed by atoms with Crippen molar-refractivity contribution in [1.29, 1.82) is 0 Å². The summed E-state index contributed by atoms with van der Waals surface area (Å²) in [6.45, 7) is 3.40. The van der Waals surface area contributed by atoms with E-state index >= 15 is 0 Å². The number of rotatable bonds is 7. The summed E-state index contributed by atoms with van der Waals surface area (Å²) >= 11 is 0. The summed E-state index contributed by atoms with van der Waals surface area (Å²) in [6.07, 6.45) is 3.13. The summed E-state index contributed by atoms with van der Waals surface area (Å²) in [7, 11) is -2.03. The molecule has 0 radical (unpaired) electrons. The molecule has 4 rings (SSSR count). The monoisotopic (exact) mass is 450 g/mol. The number of hydrogen-bond acceptors (Lipinski definition) is 8. The minimum atomic E-state index is -3.75. The molecule has 0 bridgehead atoms. The smallest absolute Gasteiger partial charge is 0.265 e. The molecule has 0 amide bonds. The number of sulfonamides is 1. The lowest BCUT2D eigenvalue weighted by Gasteiger charge is -2.11. The first-order chi connectivity index (χ1) is 15.3. The standard InChI is InChI=1S/C21H22N8O2S/c1-14-21(15(2)29(3)27-14)32(30,31)28-17-9-7-16(8-10-17)25-19-12-20(24-13-23-19)26-18-6-4-5-11-22-18/h4-13,28H,1-3H3,(H2,22,23,24,25,26). The van der Waals surface area contributed by atoms with Gasteiger partial charge in [0.15, 0.2) is 0 Å². The van der Waals surface area contributed by atoms with Crippen molar-refractivity contribution in [2.45, 2.75) is 18.7 Å². The lowest BCUT2D eigenvalue weighted by molar-refractivity contribution is 0.599. The molecule has 0 spiro atoms. The van der Waals surface area contributed by atoms with Gasteiger partial charge in [-0.1, -0.05) is 6.07 Å². The predicted octanol–water partition coefficient (Wildman–Crippen LogP) is 3.51. The van der Waals surface area contributed by atoms with Crippen LogP contribution < -0.4 is 15.4 Å². The number of nitrogens with zero attached hydrogens (tertiary/aromatic N) is 5. The molecule has 0 atom stereocenters.